The molecule has 0 atom stereocenters. The number of nitrogens with zero attached hydrogens (tertiary/aromatic N) is 1. The van der Waals surface area contributed by atoms with E-state index < -0.39 is 20.0 Å². The molecule has 0 saturated carbocycles. The fraction of sp³-hybridized carbons (Fsp3) is 0.0417. The molecule has 3 aromatic rings. The normalized spacial score (nSPS) is 12.3. The van der Waals surface area contributed by atoms with Gasteiger partial charge in [0.15, 0.2) is 5.78 Å². The summed E-state index contributed by atoms with van der Waals surface area (Å²) in [5, 5.41) is 1.56. The molecule has 3 aromatic carbocycles. The van der Waals surface area contributed by atoms with Gasteiger partial charge in [-0.25, -0.2) is 16.8 Å². The topological polar surface area (TPSA) is 88.6 Å². The van der Waals surface area contributed by atoms with Gasteiger partial charge in [-0.2, -0.15) is 3.71 Å². The van der Waals surface area contributed by atoms with E-state index in [9.17, 15) is 21.6 Å². The van der Waals surface area contributed by atoms with E-state index in [1.165, 1.54) is 31.2 Å². The Morgan fingerprint density at radius 1 is 0.758 bits per heavy atom. The van der Waals surface area contributed by atoms with Gasteiger partial charge in [-0.3, -0.25) is 4.79 Å². The average molecular weight is 502 g/mol. The molecule has 3 rings (SSSR count). The number of carbonyl (C=O) groups excluding carboxylic acids is 1. The zero-order valence-electron chi connectivity index (χ0n) is 17.5. The largest absolute Gasteiger partial charge is 0.294 e. The second-order valence-corrected chi connectivity index (χ2v) is 10.9. The summed E-state index contributed by atoms with van der Waals surface area (Å²) in [6.07, 6.45) is 2.59. The summed E-state index contributed by atoms with van der Waals surface area (Å²) in [5.74, 6) is -0.336. The summed E-state index contributed by atoms with van der Waals surface area (Å²) in [5.41, 5.74) is 1.07. The second kappa shape index (κ2) is 10.2. The molecule has 0 radical (unpaired) electrons. The molecule has 0 aromatic heterocycles. The monoisotopic (exact) mass is 501 g/mol. The van der Waals surface area contributed by atoms with E-state index in [-0.39, 0.29) is 25.8 Å². The second-order valence-electron chi connectivity index (χ2n) is 6.93. The molecular formula is C24H20ClNO5S2. The van der Waals surface area contributed by atoms with E-state index >= 15 is 0 Å². The minimum Gasteiger partial charge on any atom is -0.294 e. The Labute approximate surface area is 198 Å². The van der Waals surface area contributed by atoms with Gasteiger partial charge >= 0.3 is 0 Å². The molecule has 6 nitrogen and oxygen atoms in total. The molecule has 0 heterocycles. The molecule has 0 saturated heterocycles. The number of ketones is 1. The lowest BCUT2D eigenvalue weighted by Crippen LogP contribution is -2.34. The van der Waals surface area contributed by atoms with E-state index in [1.807, 2.05) is 0 Å². The van der Waals surface area contributed by atoms with Gasteiger partial charge in [-0.15, -0.1) is 0 Å². The highest BCUT2D eigenvalue weighted by molar-refractivity contribution is 8.12. The molecule has 0 aliphatic heterocycles. The summed E-state index contributed by atoms with van der Waals surface area (Å²) in [4.78, 5) is 11.7. The Hall–Kier alpha value is -3.20. The number of Topliss-reactive ketones (excluding diaryl/α,β-unsaturated/α-hetero) is 1. The van der Waals surface area contributed by atoms with Crippen molar-refractivity contribution in [2.45, 2.75) is 6.92 Å². The first kappa shape index (κ1) is 24.4. The molecule has 33 heavy (non-hydrogen) atoms. The highest BCUT2D eigenvalue weighted by Gasteiger charge is 2.31. The van der Waals surface area contributed by atoms with Crippen LogP contribution in [0.4, 0.5) is 5.69 Å². The van der Waals surface area contributed by atoms with Gasteiger partial charge in [0.25, 0.3) is 20.0 Å². The van der Waals surface area contributed by atoms with Crippen molar-refractivity contribution in [1.82, 2.24) is 0 Å². The van der Waals surface area contributed by atoms with Gasteiger partial charge in [-0.05, 0) is 48.4 Å². The zero-order valence-corrected chi connectivity index (χ0v) is 19.9. The Morgan fingerprint density at radius 2 is 1.21 bits per heavy atom. The van der Waals surface area contributed by atoms with Crippen LogP contribution in [0.3, 0.4) is 0 Å². The van der Waals surface area contributed by atoms with Gasteiger partial charge in [0.2, 0.25) is 0 Å². The molecule has 170 valence electrons. The lowest BCUT2D eigenvalue weighted by molar-refractivity contribution is 0.101. The van der Waals surface area contributed by atoms with Crippen LogP contribution >= 0.6 is 11.6 Å². The highest BCUT2D eigenvalue weighted by Crippen LogP contribution is 2.30. The van der Waals surface area contributed by atoms with Crippen LogP contribution in [-0.2, 0) is 20.0 Å². The first-order chi connectivity index (χ1) is 15.6. The molecule has 0 N–H and O–H groups in total. The van der Waals surface area contributed by atoms with Crippen molar-refractivity contribution in [1.29, 1.82) is 0 Å². The lowest BCUT2D eigenvalue weighted by Gasteiger charge is -2.21. The molecular weight excluding hydrogens is 482 g/mol. The van der Waals surface area contributed by atoms with Crippen LogP contribution in [0.1, 0.15) is 28.4 Å². The van der Waals surface area contributed by atoms with Crippen LogP contribution in [0.5, 0.6) is 0 Å². The van der Waals surface area contributed by atoms with Gasteiger partial charge in [0, 0.05) is 5.56 Å². The summed E-state index contributed by atoms with van der Waals surface area (Å²) >= 11 is 6.14. The van der Waals surface area contributed by atoms with E-state index in [2.05, 4.69) is 0 Å². The molecule has 0 aliphatic rings. The van der Waals surface area contributed by atoms with Crippen LogP contribution in [-0.4, -0.2) is 22.6 Å². The van der Waals surface area contributed by atoms with Crippen molar-refractivity contribution in [3.05, 3.63) is 111 Å². The van der Waals surface area contributed by atoms with Crippen molar-refractivity contribution in [2.75, 3.05) is 3.71 Å². The van der Waals surface area contributed by atoms with Crippen LogP contribution in [0.15, 0.2) is 89.7 Å². The number of halogens is 1. The highest BCUT2D eigenvalue weighted by atomic mass is 35.5. The van der Waals surface area contributed by atoms with Gasteiger partial charge in [-0.1, -0.05) is 72.3 Å². The summed E-state index contributed by atoms with van der Waals surface area (Å²) in [6, 6.07) is 20.8. The van der Waals surface area contributed by atoms with E-state index in [1.54, 1.807) is 60.7 Å². The van der Waals surface area contributed by atoms with E-state index in [0.29, 0.717) is 11.1 Å². The molecule has 0 fully saturated rings. The maximum atomic E-state index is 13.2. The van der Waals surface area contributed by atoms with Gasteiger partial charge < -0.3 is 0 Å². The first-order valence-corrected chi connectivity index (χ1v) is 13.1. The smallest absolute Gasteiger partial charge is 0.270 e. The number of hydrogen-bond acceptors (Lipinski definition) is 5. The Morgan fingerprint density at radius 3 is 1.61 bits per heavy atom. The number of sulfonamides is 2. The molecule has 0 aliphatic carbocycles. The Bertz CT molecular complexity index is 1340. The van der Waals surface area contributed by atoms with Gasteiger partial charge in [0.05, 0.1) is 21.5 Å². The van der Waals surface area contributed by atoms with Crippen LogP contribution in [0.25, 0.3) is 12.2 Å². The lowest BCUT2D eigenvalue weighted by atomic mass is 10.1. The first-order valence-electron chi connectivity index (χ1n) is 9.67. The third-order valence-corrected chi connectivity index (χ3v) is 8.33. The summed E-state index contributed by atoms with van der Waals surface area (Å²) in [6.45, 7) is 1.30. The fourth-order valence-corrected chi connectivity index (χ4v) is 6.37. The number of carbonyl (C=O) groups is 1. The maximum Gasteiger partial charge on any atom is 0.270 e. The van der Waals surface area contributed by atoms with Crippen molar-refractivity contribution in [3.63, 3.8) is 0 Å². The molecule has 0 bridgehead atoms. The third kappa shape index (κ3) is 6.19. The third-order valence-electron chi connectivity index (χ3n) is 4.47. The minimum atomic E-state index is -4.52. The van der Waals surface area contributed by atoms with E-state index in [0.717, 1.165) is 16.9 Å². The molecule has 0 unspecified atom stereocenters. The molecule has 9 heteroatoms. The van der Waals surface area contributed by atoms with Crippen LogP contribution in [0, 0.1) is 0 Å². The van der Waals surface area contributed by atoms with E-state index in [4.69, 9.17) is 11.6 Å². The van der Waals surface area contributed by atoms with Crippen LogP contribution < -0.4 is 3.71 Å². The van der Waals surface area contributed by atoms with Crippen molar-refractivity contribution in [3.8, 4) is 0 Å². The fourth-order valence-electron chi connectivity index (χ4n) is 2.91. The SMILES string of the molecule is CC(=O)c1ccc(N(S(=O)(=O)/C=C/c2ccccc2)S(=O)(=O)/C=C/c2ccccc2)cc1Cl. The predicted molar refractivity (Wildman–Crippen MR) is 133 cm³/mol. The number of anilines is 1. The number of rotatable bonds is 8. The minimum absolute atomic E-state index is 0.0607. The zero-order chi connectivity index (χ0) is 24.1. The Balaban J connectivity index is 2.11. The van der Waals surface area contributed by atoms with Gasteiger partial charge in [0.1, 0.15) is 0 Å². The quantitative estimate of drug-likeness (QED) is 0.388. The predicted octanol–water partition coefficient (Wildman–Crippen LogP) is 5.35. The molecule has 0 amide bonds. The molecule has 0 spiro atoms. The Kier molecular flexibility index (Phi) is 7.53. The number of benzene rings is 3. The summed E-state index contributed by atoms with van der Waals surface area (Å²) < 4.78 is 53.1. The number of hydrogen-bond donors (Lipinski definition) is 0. The van der Waals surface area contributed by atoms with Crippen molar-refractivity contribution >= 4 is 55.3 Å². The van der Waals surface area contributed by atoms with Crippen molar-refractivity contribution in [2.24, 2.45) is 0 Å². The average Bonchev–Trinajstić information content (AvgIpc) is 2.77. The summed E-state index contributed by atoms with van der Waals surface area (Å²) in [7, 11) is -9.03. The maximum absolute atomic E-state index is 13.2. The van der Waals surface area contributed by atoms with Crippen molar-refractivity contribution < 1.29 is 21.6 Å². The van der Waals surface area contributed by atoms with Crippen LogP contribution in [0.2, 0.25) is 5.02 Å². The standard InChI is InChI=1S/C24H20ClNO5S2/c1-19(27)23-13-12-22(18-24(23)25)26(32(28,29)16-14-20-8-4-2-5-9-20)33(30,31)17-15-21-10-6-3-7-11-21/h2-18H,1H3/b16-14+,17-15+.